The van der Waals surface area contributed by atoms with E-state index in [0.717, 1.165) is 11.9 Å². The van der Waals surface area contributed by atoms with Crippen molar-refractivity contribution < 1.29 is 14.1 Å². The monoisotopic (exact) mass is 340 g/mol. The number of aryl methyl sites for hydroxylation is 1. The van der Waals surface area contributed by atoms with Crippen LogP contribution in [0.5, 0.6) is 11.6 Å². The standard InChI is InChI=1S/C17H13FN4O3/c1-11-6-8-12(9-7-11)25-17-15(22(23)24)16(19-10-20-17)21-14-5-3-2-4-13(14)18/h2-10H,1H3,(H,19,20,21). The number of anilines is 2. The van der Waals surface area contributed by atoms with Gasteiger partial charge < -0.3 is 10.1 Å². The van der Waals surface area contributed by atoms with E-state index in [1.54, 1.807) is 30.3 Å². The zero-order valence-electron chi connectivity index (χ0n) is 13.1. The van der Waals surface area contributed by atoms with Crippen molar-refractivity contribution in [3.05, 3.63) is 76.4 Å². The first-order valence-electron chi connectivity index (χ1n) is 7.30. The van der Waals surface area contributed by atoms with Crippen molar-refractivity contribution >= 4 is 17.2 Å². The minimum absolute atomic E-state index is 0.0607. The fraction of sp³-hybridized carbons (Fsp3) is 0.0588. The molecule has 3 rings (SSSR count). The van der Waals surface area contributed by atoms with E-state index in [-0.39, 0.29) is 17.4 Å². The molecule has 0 aliphatic carbocycles. The number of nitrogens with zero attached hydrogens (tertiary/aromatic N) is 3. The third kappa shape index (κ3) is 3.69. The predicted octanol–water partition coefficient (Wildman–Crippen LogP) is 4.37. The number of rotatable bonds is 5. The molecule has 0 saturated carbocycles. The fourth-order valence-electron chi connectivity index (χ4n) is 2.10. The molecule has 8 heteroatoms. The van der Waals surface area contributed by atoms with Gasteiger partial charge in [-0.25, -0.2) is 9.37 Å². The zero-order valence-corrected chi connectivity index (χ0v) is 13.1. The van der Waals surface area contributed by atoms with E-state index < -0.39 is 16.4 Å². The maximum absolute atomic E-state index is 13.8. The summed E-state index contributed by atoms with van der Waals surface area (Å²) >= 11 is 0. The summed E-state index contributed by atoms with van der Waals surface area (Å²) in [7, 11) is 0. The first-order chi connectivity index (χ1) is 12.0. The molecular formula is C17H13FN4O3. The Kier molecular flexibility index (Phi) is 4.51. The minimum atomic E-state index is -0.674. The van der Waals surface area contributed by atoms with Crippen LogP contribution in [0.15, 0.2) is 54.9 Å². The van der Waals surface area contributed by atoms with Crippen LogP contribution in [-0.4, -0.2) is 14.9 Å². The van der Waals surface area contributed by atoms with Gasteiger partial charge in [0, 0.05) is 0 Å². The summed E-state index contributed by atoms with van der Waals surface area (Å²) in [6.45, 7) is 1.91. The topological polar surface area (TPSA) is 90.2 Å². The lowest BCUT2D eigenvalue weighted by Gasteiger charge is -2.10. The average molecular weight is 340 g/mol. The minimum Gasteiger partial charge on any atom is -0.434 e. The van der Waals surface area contributed by atoms with Gasteiger partial charge >= 0.3 is 11.6 Å². The first kappa shape index (κ1) is 16.3. The van der Waals surface area contributed by atoms with Gasteiger partial charge in [0.25, 0.3) is 0 Å². The van der Waals surface area contributed by atoms with Gasteiger partial charge in [0.15, 0.2) is 0 Å². The molecule has 2 aromatic carbocycles. The number of nitrogens with one attached hydrogen (secondary N) is 1. The maximum atomic E-state index is 13.8. The normalized spacial score (nSPS) is 10.3. The Morgan fingerprint density at radius 1 is 1.12 bits per heavy atom. The number of halogens is 1. The lowest BCUT2D eigenvalue weighted by Crippen LogP contribution is -2.04. The van der Waals surface area contributed by atoms with E-state index >= 15 is 0 Å². The highest BCUT2D eigenvalue weighted by Crippen LogP contribution is 2.35. The van der Waals surface area contributed by atoms with Gasteiger partial charge in [-0.2, -0.15) is 4.98 Å². The molecule has 0 fully saturated rings. The molecule has 25 heavy (non-hydrogen) atoms. The molecule has 1 heterocycles. The Morgan fingerprint density at radius 2 is 1.84 bits per heavy atom. The molecular weight excluding hydrogens is 327 g/mol. The smallest absolute Gasteiger partial charge is 0.373 e. The van der Waals surface area contributed by atoms with Crippen LogP contribution in [0.1, 0.15) is 5.56 Å². The third-order valence-electron chi connectivity index (χ3n) is 3.33. The predicted molar refractivity (Wildman–Crippen MR) is 89.6 cm³/mol. The van der Waals surface area contributed by atoms with Gasteiger partial charge in [-0.3, -0.25) is 10.1 Å². The number of hydrogen-bond acceptors (Lipinski definition) is 6. The molecule has 0 spiro atoms. The van der Waals surface area contributed by atoms with Crippen LogP contribution in [0.2, 0.25) is 0 Å². The number of para-hydroxylation sites is 1. The molecule has 0 saturated heterocycles. The van der Waals surface area contributed by atoms with Crippen LogP contribution in [0, 0.1) is 22.9 Å². The van der Waals surface area contributed by atoms with Crippen molar-refractivity contribution in [3.8, 4) is 11.6 Å². The van der Waals surface area contributed by atoms with Crippen molar-refractivity contribution in [3.63, 3.8) is 0 Å². The Bertz CT molecular complexity index is 916. The van der Waals surface area contributed by atoms with E-state index in [9.17, 15) is 14.5 Å². The van der Waals surface area contributed by atoms with E-state index in [1.165, 1.54) is 18.2 Å². The summed E-state index contributed by atoms with van der Waals surface area (Å²) in [6, 6.07) is 12.8. The zero-order chi connectivity index (χ0) is 17.8. The van der Waals surface area contributed by atoms with Crippen molar-refractivity contribution in [2.24, 2.45) is 0 Å². The molecule has 1 N–H and O–H groups in total. The molecule has 0 atom stereocenters. The maximum Gasteiger partial charge on any atom is 0.373 e. The molecule has 0 aliphatic heterocycles. The lowest BCUT2D eigenvalue weighted by atomic mass is 10.2. The number of aromatic nitrogens is 2. The van der Waals surface area contributed by atoms with Crippen molar-refractivity contribution in [2.45, 2.75) is 6.92 Å². The highest BCUT2D eigenvalue weighted by atomic mass is 19.1. The average Bonchev–Trinajstić information content (AvgIpc) is 2.59. The number of ether oxygens (including phenoxy) is 1. The SMILES string of the molecule is Cc1ccc(Oc2ncnc(Nc3ccccc3F)c2[N+](=O)[O-])cc1. The van der Waals surface area contributed by atoms with Crippen molar-refractivity contribution in [1.29, 1.82) is 0 Å². The van der Waals surface area contributed by atoms with Crippen LogP contribution < -0.4 is 10.1 Å². The van der Waals surface area contributed by atoms with Gasteiger partial charge in [-0.1, -0.05) is 29.8 Å². The largest absolute Gasteiger partial charge is 0.434 e. The molecule has 0 unspecified atom stereocenters. The second kappa shape index (κ2) is 6.91. The third-order valence-corrected chi connectivity index (χ3v) is 3.33. The van der Waals surface area contributed by atoms with E-state index in [0.29, 0.717) is 5.75 Å². The number of benzene rings is 2. The molecule has 1 aromatic heterocycles. The Balaban J connectivity index is 1.98. The Hall–Kier alpha value is -3.55. The summed E-state index contributed by atoms with van der Waals surface area (Å²) < 4.78 is 19.3. The molecule has 3 aromatic rings. The summed E-state index contributed by atoms with van der Waals surface area (Å²) in [4.78, 5) is 18.5. The molecule has 0 aliphatic rings. The highest BCUT2D eigenvalue weighted by molar-refractivity contribution is 5.69. The molecule has 126 valence electrons. The van der Waals surface area contributed by atoms with Gasteiger partial charge in [-0.05, 0) is 31.2 Å². The van der Waals surface area contributed by atoms with Crippen LogP contribution in [0.25, 0.3) is 0 Å². The van der Waals surface area contributed by atoms with Crippen LogP contribution in [-0.2, 0) is 0 Å². The first-order valence-corrected chi connectivity index (χ1v) is 7.30. The Labute approximate surface area is 142 Å². The van der Waals surface area contributed by atoms with Gasteiger partial charge in [0.05, 0.1) is 10.6 Å². The van der Waals surface area contributed by atoms with Crippen molar-refractivity contribution in [2.75, 3.05) is 5.32 Å². The molecule has 0 amide bonds. The van der Waals surface area contributed by atoms with Crippen LogP contribution >= 0.6 is 0 Å². The molecule has 0 bridgehead atoms. The number of hydrogen-bond donors (Lipinski definition) is 1. The Morgan fingerprint density at radius 3 is 2.52 bits per heavy atom. The molecule has 0 radical (unpaired) electrons. The summed E-state index contributed by atoms with van der Waals surface area (Å²) in [6.07, 6.45) is 1.11. The summed E-state index contributed by atoms with van der Waals surface area (Å²) in [5, 5.41) is 14.1. The quantitative estimate of drug-likeness (QED) is 0.548. The second-order valence-corrected chi connectivity index (χ2v) is 5.15. The van der Waals surface area contributed by atoms with E-state index in [1.807, 2.05) is 6.92 Å². The van der Waals surface area contributed by atoms with Crippen molar-refractivity contribution in [1.82, 2.24) is 9.97 Å². The fourth-order valence-corrected chi connectivity index (χ4v) is 2.10. The summed E-state index contributed by atoms with van der Waals surface area (Å²) in [5.41, 5.74) is 0.600. The number of nitro groups is 1. The highest BCUT2D eigenvalue weighted by Gasteiger charge is 2.25. The molecule has 7 nitrogen and oxygen atoms in total. The summed E-state index contributed by atoms with van der Waals surface area (Å²) in [5.74, 6) is -0.560. The lowest BCUT2D eigenvalue weighted by molar-refractivity contribution is -0.385. The van der Waals surface area contributed by atoms with Gasteiger partial charge in [0.1, 0.15) is 17.9 Å². The van der Waals surface area contributed by atoms with E-state index in [2.05, 4.69) is 15.3 Å². The van der Waals surface area contributed by atoms with Gasteiger partial charge in [0.2, 0.25) is 5.82 Å². The van der Waals surface area contributed by atoms with E-state index in [4.69, 9.17) is 4.74 Å². The van der Waals surface area contributed by atoms with Crippen LogP contribution in [0.4, 0.5) is 21.6 Å². The second-order valence-electron chi connectivity index (χ2n) is 5.15. The van der Waals surface area contributed by atoms with Gasteiger partial charge in [-0.15, -0.1) is 0 Å². The van der Waals surface area contributed by atoms with Crippen LogP contribution in [0.3, 0.4) is 0 Å².